The summed E-state index contributed by atoms with van der Waals surface area (Å²) in [6.45, 7) is 4.05. The predicted octanol–water partition coefficient (Wildman–Crippen LogP) is 4.86. The van der Waals surface area contributed by atoms with E-state index in [1.165, 1.54) is 16.9 Å². The van der Waals surface area contributed by atoms with Crippen LogP contribution in [-0.4, -0.2) is 5.91 Å². The van der Waals surface area contributed by atoms with Crippen molar-refractivity contribution in [2.75, 3.05) is 0 Å². The van der Waals surface area contributed by atoms with Crippen molar-refractivity contribution in [2.45, 2.75) is 19.9 Å². The molecule has 1 atom stereocenters. The van der Waals surface area contributed by atoms with Crippen LogP contribution in [0.2, 0.25) is 5.02 Å². The van der Waals surface area contributed by atoms with E-state index in [1.807, 2.05) is 50.2 Å². The van der Waals surface area contributed by atoms with Crippen LogP contribution in [0.15, 0.2) is 48.5 Å². The Balaban J connectivity index is 1.71. The molecule has 0 spiro atoms. The van der Waals surface area contributed by atoms with Crippen molar-refractivity contribution in [2.24, 2.45) is 0 Å². The van der Waals surface area contributed by atoms with Gasteiger partial charge in [0.25, 0.3) is 5.91 Å². The number of hydrogen-bond acceptors (Lipinski definition) is 3. The van der Waals surface area contributed by atoms with Gasteiger partial charge >= 0.3 is 0 Å². The van der Waals surface area contributed by atoms with Crippen LogP contribution in [0.4, 0.5) is 0 Å². The molecule has 0 aliphatic carbocycles. The van der Waals surface area contributed by atoms with Gasteiger partial charge in [-0.2, -0.15) is 0 Å². The van der Waals surface area contributed by atoms with E-state index in [-0.39, 0.29) is 11.9 Å². The molecule has 1 unspecified atom stereocenters. The lowest BCUT2D eigenvalue weighted by Crippen LogP contribution is -2.38. The number of thiophene rings is 1. The topological polar surface area (TPSA) is 41.1 Å². The van der Waals surface area contributed by atoms with Crippen LogP contribution in [0.3, 0.4) is 0 Å². The Morgan fingerprint density at radius 1 is 1.13 bits per heavy atom. The zero-order chi connectivity index (χ0) is 16.4. The number of nitrogens with one attached hydrogen (secondary N) is 2. The van der Waals surface area contributed by atoms with Crippen molar-refractivity contribution in [1.82, 2.24) is 10.9 Å². The van der Waals surface area contributed by atoms with Crippen LogP contribution in [0.5, 0.6) is 0 Å². The standard InChI is InChI=1S/C18H17ClN2OS/c1-11-7-9-13(10-8-11)12(2)20-21-18(22)17-16(19)14-5-3-4-6-15(14)23-17/h3-10,12,20H,1-2H3,(H,21,22). The van der Waals surface area contributed by atoms with Gasteiger partial charge in [-0.15, -0.1) is 11.3 Å². The lowest BCUT2D eigenvalue weighted by Gasteiger charge is -2.15. The van der Waals surface area contributed by atoms with Gasteiger partial charge in [-0.05, 0) is 25.5 Å². The highest BCUT2D eigenvalue weighted by Gasteiger charge is 2.17. The fraction of sp³-hybridized carbons (Fsp3) is 0.167. The molecule has 0 saturated carbocycles. The molecule has 0 radical (unpaired) electrons. The Labute approximate surface area is 144 Å². The molecule has 3 rings (SSSR count). The molecular weight excluding hydrogens is 328 g/mol. The Kier molecular flexibility index (Phi) is 4.66. The number of aryl methyl sites for hydroxylation is 1. The Morgan fingerprint density at radius 3 is 2.52 bits per heavy atom. The van der Waals surface area contributed by atoms with Gasteiger partial charge in [-0.3, -0.25) is 10.2 Å². The number of rotatable bonds is 4. The van der Waals surface area contributed by atoms with Crippen LogP contribution in [0.25, 0.3) is 10.1 Å². The summed E-state index contributed by atoms with van der Waals surface area (Å²) in [7, 11) is 0. The Hall–Kier alpha value is -1.88. The molecule has 0 fully saturated rings. The fourth-order valence-corrected chi connectivity index (χ4v) is 3.74. The summed E-state index contributed by atoms with van der Waals surface area (Å²) < 4.78 is 1.01. The van der Waals surface area contributed by atoms with Crippen molar-refractivity contribution in [3.05, 3.63) is 69.6 Å². The first-order valence-electron chi connectivity index (χ1n) is 7.35. The molecular formula is C18H17ClN2OS. The van der Waals surface area contributed by atoms with Crippen LogP contribution >= 0.6 is 22.9 Å². The molecule has 118 valence electrons. The molecule has 0 bridgehead atoms. The highest BCUT2D eigenvalue weighted by atomic mass is 35.5. The summed E-state index contributed by atoms with van der Waals surface area (Å²) >= 11 is 7.72. The number of fused-ring (bicyclic) bond motifs is 1. The molecule has 3 nitrogen and oxygen atoms in total. The molecule has 1 heterocycles. The number of carbonyl (C=O) groups excluding carboxylic acids is 1. The summed E-state index contributed by atoms with van der Waals surface area (Å²) in [5, 5.41) is 1.42. The molecule has 0 aliphatic heterocycles. The van der Waals surface area contributed by atoms with E-state index in [0.717, 1.165) is 15.6 Å². The van der Waals surface area contributed by atoms with Crippen molar-refractivity contribution < 1.29 is 4.79 Å². The second-order valence-corrected chi connectivity index (χ2v) is 6.90. The second kappa shape index (κ2) is 6.71. The maximum Gasteiger partial charge on any atom is 0.277 e. The maximum absolute atomic E-state index is 12.4. The third-order valence-corrected chi connectivity index (χ3v) is 5.39. The average molecular weight is 345 g/mol. The van der Waals surface area contributed by atoms with Gasteiger partial charge < -0.3 is 0 Å². The second-order valence-electron chi connectivity index (χ2n) is 5.47. The first-order chi connectivity index (χ1) is 11.1. The van der Waals surface area contributed by atoms with Gasteiger partial charge in [0.15, 0.2) is 0 Å². The summed E-state index contributed by atoms with van der Waals surface area (Å²) in [4.78, 5) is 12.9. The van der Waals surface area contributed by atoms with Crippen LogP contribution in [0, 0.1) is 6.92 Å². The third kappa shape index (κ3) is 3.39. The molecule has 23 heavy (non-hydrogen) atoms. The summed E-state index contributed by atoms with van der Waals surface area (Å²) in [6, 6.07) is 16.0. The predicted molar refractivity (Wildman–Crippen MR) is 97.0 cm³/mol. The first kappa shape index (κ1) is 16.0. The minimum atomic E-state index is -0.213. The minimum absolute atomic E-state index is 0.00713. The van der Waals surface area contributed by atoms with Crippen LogP contribution in [-0.2, 0) is 0 Å². The zero-order valence-electron chi connectivity index (χ0n) is 12.9. The van der Waals surface area contributed by atoms with E-state index in [9.17, 15) is 4.79 Å². The largest absolute Gasteiger partial charge is 0.286 e. The number of carbonyl (C=O) groups is 1. The molecule has 1 amide bonds. The minimum Gasteiger partial charge on any atom is -0.286 e. The van der Waals surface area contributed by atoms with Crippen molar-refractivity contribution in [3.8, 4) is 0 Å². The number of hydrogen-bond donors (Lipinski definition) is 2. The number of hydrazine groups is 1. The van der Waals surface area contributed by atoms with E-state index in [2.05, 4.69) is 23.0 Å². The number of amides is 1. The van der Waals surface area contributed by atoms with E-state index < -0.39 is 0 Å². The monoisotopic (exact) mass is 344 g/mol. The molecule has 0 saturated heterocycles. The fourth-order valence-electron chi connectivity index (χ4n) is 2.33. The third-order valence-electron chi connectivity index (χ3n) is 3.72. The summed E-state index contributed by atoms with van der Waals surface area (Å²) in [6.07, 6.45) is 0. The summed E-state index contributed by atoms with van der Waals surface area (Å²) in [5.74, 6) is -0.213. The van der Waals surface area contributed by atoms with E-state index >= 15 is 0 Å². The quantitative estimate of drug-likeness (QED) is 0.664. The molecule has 5 heteroatoms. The summed E-state index contributed by atoms with van der Waals surface area (Å²) in [5.41, 5.74) is 8.11. The van der Waals surface area contributed by atoms with Crippen molar-refractivity contribution in [1.29, 1.82) is 0 Å². The Bertz CT molecular complexity index is 842. The Morgan fingerprint density at radius 2 is 1.83 bits per heavy atom. The van der Waals surface area contributed by atoms with Crippen LogP contribution in [0.1, 0.15) is 33.8 Å². The molecule has 2 N–H and O–H groups in total. The van der Waals surface area contributed by atoms with Gasteiger partial charge in [0.2, 0.25) is 0 Å². The zero-order valence-corrected chi connectivity index (χ0v) is 14.5. The van der Waals surface area contributed by atoms with Gasteiger partial charge in [0.1, 0.15) is 4.88 Å². The SMILES string of the molecule is Cc1ccc(C(C)NNC(=O)c2sc3ccccc3c2Cl)cc1. The maximum atomic E-state index is 12.4. The van der Waals surface area contributed by atoms with Gasteiger partial charge in [0, 0.05) is 16.1 Å². The van der Waals surface area contributed by atoms with E-state index in [1.54, 1.807) is 0 Å². The number of halogens is 1. The lowest BCUT2D eigenvalue weighted by molar-refractivity contribution is 0.0930. The van der Waals surface area contributed by atoms with Crippen molar-refractivity contribution >= 4 is 38.9 Å². The highest BCUT2D eigenvalue weighted by molar-refractivity contribution is 7.21. The lowest BCUT2D eigenvalue weighted by atomic mass is 10.1. The normalized spacial score (nSPS) is 12.3. The molecule has 3 aromatic rings. The smallest absolute Gasteiger partial charge is 0.277 e. The number of benzene rings is 2. The first-order valence-corrected chi connectivity index (χ1v) is 8.55. The van der Waals surface area contributed by atoms with Gasteiger partial charge in [-0.25, -0.2) is 5.43 Å². The highest BCUT2D eigenvalue weighted by Crippen LogP contribution is 2.34. The van der Waals surface area contributed by atoms with E-state index in [0.29, 0.717) is 9.90 Å². The van der Waals surface area contributed by atoms with Crippen molar-refractivity contribution in [3.63, 3.8) is 0 Å². The average Bonchev–Trinajstić information content (AvgIpc) is 2.90. The van der Waals surface area contributed by atoms with E-state index in [4.69, 9.17) is 11.6 Å². The molecule has 2 aromatic carbocycles. The van der Waals surface area contributed by atoms with Gasteiger partial charge in [0.05, 0.1) is 5.02 Å². The van der Waals surface area contributed by atoms with Crippen LogP contribution < -0.4 is 10.9 Å². The van der Waals surface area contributed by atoms with Gasteiger partial charge in [-0.1, -0.05) is 59.6 Å². The molecule has 0 aliphatic rings. The molecule has 1 aromatic heterocycles.